The Labute approximate surface area is 188 Å². The zero-order valence-corrected chi connectivity index (χ0v) is 18.2. The van der Waals surface area contributed by atoms with Crippen molar-refractivity contribution < 1.29 is 4.79 Å². The van der Waals surface area contributed by atoms with Crippen LogP contribution in [-0.4, -0.2) is 35.9 Å². The number of thioether (sulfide) groups is 1. The lowest BCUT2D eigenvalue weighted by atomic mass is 10.2. The molecule has 0 fully saturated rings. The van der Waals surface area contributed by atoms with E-state index in [1.165, 1.54) is 11.8 Å². The van der Waals surface area contributed by atoms with Crippen LogP contribution in [-0.2, 0) is 11.3 Å². The van der Waals surface area contributed by atoms with Crippen LogP contribution < -0.4 is 5.32 Å². The van der Waals surface area contributed by atoms with Crippen LogP contribution in [0.15, 0.2) is 78.3 Å². The molecule has 156 valence electrons. The van der Waals surface area contributed by atoms with E-state index >= 15 is 0 Å². The van der Waals surface area contributed by atoms with E-state index in [9.17, 15) is 4.79 Å². The van der Waals surface area contributed by atoms with Gasteiger partial charge in [-0.15, -0.1) is 10.2 Å². The fourth-order valence-electron chi connectivity index (χ4n) is 2.92. The van der Waals surface area contributed by atoms with Gasteiger partial charge in [0.1, 0.15) is 0 Å². The van der Waals surface area contributed by atoms with E-state index in [4.69, 9.17) is 11.6 Å². The van der Waals surface area contributed by atoms with Gasteiger partial charge in [-0.2, -0.15) is 0 Å². The molecule has 0 aliphatic rings. The molecule has 0 saturated carbocycles. The van der Waals surface area contributed by atoms with Gasteiger partial charge in [-0.05, 0) is 36.8 Å². The number of nitrogens with zero attached hydrogens (tertiary/aromatic N) is 5. The Morgan fingerprint density at radius 1 is 1.06 bits per heavy atom. The van der Waals surface area contributed by atoms with Crippen LogP contribution >= 0.6 is 23.4 Å². The van der Waals surface area contributed by atoms with Gasteiger partial charge < -0.3 is 5.32 Å². The summed E-state index contributed by atoms with van der Waals surface area (Å²) in [5.74, 6) is 0.524. The van der Waals surface area contributed by atoms with Crippen molar-refractivity contribution >= 4 is 35.0 Å². The second-order valence-electron chi connectivity index (χ2n) is 6.70. The second kappa shape index (κ2) is 9.72. The van der Waals surface area contributed by atoms with E-state index in [2.05, 4.69) is 25.5 Å². The number of aromatic nitrogens is 5. The minimum absolute atomic E-state index is 0.195. The lowest BCUT2D eigenvalue weighted by molar-refractivity contribution is -0.115. The summed E-state index contributed by atoms with van der Waals surface area (Å²) >= 11 is 7.39. The summed E-state index contributed by atoms with van der Waals surface area (Å²) in [7, 11) is 0. The van der Waals surface area contributed by atoms with E-state index in [0.29, 0.717) is 17.4 Å². The van der Waals surface area contributed by atoms with Crippen molar-refractivity contribution in [2.45, 2.75) is 23.9 Å². The average Bonchev–Trinajstić information content (AvgIpc) is 3.18. The molecule has 1 unspecified atom stereocenters. The van der Waals surface area contributed by atoms with Gasteiger partial charge in [-0.25, -0.2) is 4.98 Å². The molecule has 4 rings (SSSR count). The van der Waals surface area contributed by atoms with Crippen molar-refractivity contribution in [3.63, 3.8) is 0 Å². The van der Waals surface area contributed by atoms with E-state index in [-0.39, 0.29) is 11.1 Å². The second-order valence-corrected chi connectivity index (χ2v) is 8.37. The fraction of sp³-hybridized carbons (Fsp3) is 0.136. The fourth-order valence-corrected chi connectivity index (χ4v) is 3.94. The number of halogens is 1. The molecule has 3 heterocycles. The van der Waals surface area contributed by atoms with Gasteiger partial charge in [0, 0.05) is 24.2 Å². The molecule has 0 aliphatic heterocycles. The molecule has 7 nitrogen and oxygen atoms in total. The van der Waals surface area contributed by atoms with Crippen LogP contribution in [0.3, 0.4) is 0 Å². The van der Waals surface area contributed by atoms with Crippen molar-refractivity contribution in [2.24, 2.45) is 0 Å². The minimum Gasteiger partial charge on any atom is -0.322 e. The van der Waals surface area contributed by atoms with Crippen LogP contribution in [0.1, 0.15) is 12.5 Å². The number of hydrogen-bond donors (Lipinski definition) is 1. The molecule has 1 atom stereocenters. The molecule has 1 aromatic carbocycles. The van der Waals surface area contributed by atoms with Gasteiger partial charge in [0.2, 0.25) is 5.91 Å². The molecule has 0 radical (unpaired) electrons. The Morgan fingerprint density at radius 3 is 2.58 bits per heavy atom. The summed E-state index contributed by atoms with van der Waals surface area (Å²) in [5.41, 5.74) is 2.49. The maximum atomic E-state index is 12.7. The Bertz CT molecular complexity index is 1170. The summed E-state index contributed by atoms with van der Waals surface area (Å²) in [6, 6.07) is 17.3. The van der Waals surface area contributed by atoms with Gasteiger partial charge in [0.05, 0.1) is 17.5 Å². The predicted molar refractivity (Wildman–Crippen MR) is 122 cm³/mol. The maximum absolute atomic E-state index is 12.7. The standard InChI is InChI=1S/C22H19ClN6OS/c1-15(21(30)26-18-8-5-11-25-19(18)23)31-22-28-27-20(17-9-12-24-13-10-17)29(22)14-16-6-3-2-4-7-16/h2-13,15H,14H2,1H3,(H,26,30). The topological polar surface area (TPSA) is 85.6 Å². The third-order valence-corrected chi connectivity index (χ3v) is 5.89. The molecule has 31 heavy (non-hydrogen) atoms. The summed E-state index contributed by atoms with van der Waals surface area (Å²) < 4.78 is 2.01. The SMILES string of the molecule is CC(Sc1nnc(-c2ccncc2)n1Cc1ccccc1)C(=O)Nc1cccnc1Cl. The average molecular weight is 451 g/mol. The number of anilines is 1. The minimum atomic E-state index is -0.430. The zero-order chi connectivity index (χ0) is 21.6. The number of hydrogen-bond acceptors (Lipinski definition) is 6. The number of benzene rings is 1. The molecule has 0 spiro atoms. The summed E-state index contributed by atoms with van der Waals surface area (Å²) in [6.07, 6.45) is 5.01. The first kappa shape index (κ1) is 21.0. The van der Waals surface area contributed by atoms with Crippen molar-refractivity contribution in [1.29, 1.82) is 0 Å². The quantitative estimate of drug-likeness (QED) is 0.328. The zero-order valence-electron chi connectivity index (χ0n) is 16.6. The largest absolute Gasteiger partial charge is 0.322 e. The van der Waals surface area contributed by atoms with Crippen molar-refractivity contribution in [2.75, 3.05) is 5.32 Å². The summed E-state index contributed by atoms with van der Waals surface area (Å²) in [6.45, 7) is 2.40. The van der Waals surface area contributed by atoms with Gasteiger partial charge >= 0.3 is 0 Å². The van der Waals surface area contributed by atoms with Crippen LogP contribution in [0.2, 0.25) is 5.15 Å². The van der Waals surface area contributed by atoms with Gasteiger partial charge in [-0.1, -0.05) is 53.7 Å². The van der Waals surface area contributed by atoms with Crippen LogP contribution in [0, 0.1) is 0 Å². The highest BCUT2D eigenvalue weighted by Gasteiger charge is 2.22. The first-order valence-electron chi connectivity index (χ1n) is 9.57. The highest BCUT2D eigenvalue weighted by molar-refractivity contribution is 8.00. The van der Waals surface area contributed by atoms with Crippen molar-refractivity contribution in [3.8, 4) is 11.4 Å². The number of pyridine rings is 2. The molecule has 9 heteroatoms. The Balaban J connectivity index is 1.59. The number of carbonyl (C=O) groups is 1. The van der Waals surface area contributed by atoms with Crippen LogP contribution in [0.25, 0.3) is 11.4 Å². The first-order valence-corrected chi connectivity index (χ1v) is 10.8. The van der Waals surface area contributed by atoms with Gasteiger partial charge in [0.25, 0.3) is 0 Å². The molecule has 4 aromatic rings. The number of nitrogens with one attached hydrogen (secondary N) is 1. The molecule has 3 aromatic heterocycles. The van der Waals surface area contributed by atoms with Gasteiger partial charge in [0.15, 0.2) is 16.1 Å². The highest BCUT2D eigenvalue weighted by atomic mass is 35.5. The summed E-state index contributed by atoms with van der Waals surface area (Å²) in [4.78, 5) is 20.8. The monoisotopic (exact) mass is 450 g/mol. The number of rotatable bonds is 7. The number of amides is 1. The lowest BCUT2D eigenvalue weighted by Crippen LogP contribution is -2.23. The molecule has 1 N–H and O–H groups in total. The van der Waals surface area contributed by atoms with Crippen molar-refractivity contribution in [3.05, 3.63) is 83.9 Å². The Kier molecular flexibility index (Phi) is 6.59. The lowest BCUT2D eigenvalue weighted by Gasteiger charge is -2.14. The molecule has 1 amide bonds. The molecule has 0 aliphatic carbocycles. The van der Waals surface area contributed by atoms with Crippen molar-refractivity contribution in [1.82, 2.24) is 24.7 Å². The molecule has 0 bridgehead atoms. The summed E-state index contributed by atoms with van der Waals surface area (Å²) in [5, 5.41) is 12.1. The predicted octanol–water partition coefficient (Wildman–Crippen LogP) is 4.56. The third kappa shape index (κ3) is 5.10. The maximum Gasteiger partial charge on any atom is 0.237 e. The molecular formula is C22H19ClN6OS. The van der Waals surface area contributed by atoms with Crippen LogP contribution in [0.4, 0.5) is 5.69 Å². The first-order chi connectivity index (χ1) is 15.1. The van der Waals surface area contributed by atoms with E-state index in [1.54, 1.807) is 30.7 Å². The third-order valence-electron chi connectivity index (χ3n) is 4.51. The van der Waals surface area contributed by atoms with E-state index < -0.39 is 5.25 Å². The molecular weight excluding hydrogens is 432 g/mol. The highest BCUT2D eigenvalue weighted by Crippen LogP contribution is 2.28. The Hall–Kier alpha value is -3.23. The normalized spacial score (nSPS) is 11.8. The van der Waals surface area contributed by atoms with E-state index in [0.717, 1.165) is 17.0 Å². The smallest absolute Gasteiger partial charge is 0.237 e. The van der Waals surface area contributed by atoms with Gasteiger partial charge in [-0.3, -0.25) is 14.3 Å². The Morgan fingerprint density at radius 2 is 1.84 bits per heavy atom. The van der Waals surface area contributed by atoms with E-state index in [1.807, 2.05) is 54.0 Å². The molecule has 0 saturated heterocycles. The number of carbonyl (C=O) groups excluding carboxylic acids is 1. The van der Waals surface area contributed by atoms with Crippen LogP contribution in [0.5, 0.6) is 0 Å².